The Morgan fingerprint density at radius 1 is 0.694 bits per heavy atom. The fourth-order valence-corrected chi connectivity index (χ4v) is 12.9. The number of aliphatic carboxylic acids is 2. The summed E-state index contributed by atoms with van der Waals surface area (Å²) in [6.45, 7) is 7.14. The summed E-state index contributed by atoms with van der Waals surface area (Å²) in [5.74, 6) is -1.12. The summed E-state index contributed by atoms with van der Waals surface area (Å²) >= 11 is 15.2. The Morgan fingerprint density at radius 2 is 1.26 bits per heavy atom. The van der Waals surface area contributed by atoms with Gasteiger partial charge in [-0.25, -0.2) is 0 Å². The predicted octanol–water partition coefficient (Wildman–Crippen LogP) is 11.4. The summed E-state index contributed by atoms with van der Waals surface area (Å²) in [4.78, 5) is 41.3. The quantitative estimate of drug-likeness (QED) is 0.0794. The molecule has 12 nitrogen and oxygen atoms in total. The first-order valence-electron chi connectivity index (χ1n) is 24.8. The number of ether oxygens (including phenoxy) is 1. The molecule has 7 heterocycles. The van der Waals surface area contributed by atoms with Crippen LogP contribution in [0.25, 0.3) is 30.3 Å². The standard InChI is InChI=1S/C29H34ClN3O3S.C13H13NO2S.C8H5BrS.C5H9NO2/c30-24-15-20(4-8-26(24)36-23-6-7-23)28(34)25(18-32-11-1-2-12-32)31-29(35)21-9-13-33(17-21)22-5-3-19-10-14-37-27(19)16-22;15-13(16)10-3-5-14(8-10)11-2-1-9-4-6-17-12(9)7-11;9-7-2-1-6-3-4-10-8(6)5-7;7-5(8)4-1-2-6-3-4/h3-5,8,10,14-16,21,23,25,28,34H,1-2,6-7,9,11-13,17-18H2,(H,31,35);1-2,4,6-7,10H,3,5,8H2,(H,15,16);1-5H;4,6H,1-3H2,(H,7,8)/t21-,25-,28-;10-;;4-/m11.1/s1. The lowest BCUT2D eigenvalue weighted by atomic mass is 10.00. The van der Waals surface area contributed by atoms with Gasteiger partial charge in [-0.05, 0) is 169 Å². The van der Waals surface area contributed by atoms with Crippen molar-refractivity contribution in [1.29, 1.82) is 0 Å². The first-order chi connectivity index (χ1) is 34.9. The molecule has 17 heteroatoms. The van der Waals surface area contributed by atoms with E-state index in [1.807, 2.05) is 12.1 Å². The average molecular weight is 1120 g/mol. The molecule has 7 aromatic rings. The number of nitrogens with one attached hydrogen (secondary N) is 2. The molecule has 1 aliphatic carbocycles. The second kappa shape index (κ2) is 24.5. The van der Waals surface area contributed by atoms with Crippen LogP contribution in [0.15, 0.2) is 112 Å². The fraction of sp³-hybridized carbons (Fsp3) is 0.400. The van der Waals surface area contributed by atoms with Gasteiger partial charge in [-0.1, -0.05) is 51.8 Å². The van der Waals surface area contributed by atoms with Gasteiger partial charge in [-0.3, -0.25) is 14.4 Å². The van der Waals surface area contributed by atoms with E-state index in [-0.39, 0.29) is 29.8 Å². The molecule has 5 N–H and O–H groups in total. The molecule has 1 saturated carbocycles. The topological polar surface area (TPSA) is 155 Å². The van der Waals surface area contributed by atoms with Crippen molar-refractivity contribution in [3.05, 3.63) is 122 Å². The van der Waals surface area contributed by atoms with Crippen molar-refractivity contribution in [1.82, 2.24) is 15.5 Å². The second-order valence-electron chi connectivity index (χ2n) is 19.2. The van der Waals surface area contributed by atoms with Crippen LogP contribution in [0, 0.1) is 17.8 Å². The molecule has 0 radical (unpaired) electrons. The number of benzene rings is 4. The number of thiophene rings is 3. The molecule has 0 bridgehead atoms. The lowest BCUT2D eigenvalue weighted by Crippen LogP contribution is -2.48. The number of carbonyl (C=O) groups is 3. The monoisotopic (exact) mass is 1110 g/mol. The molecular formula is C55H61BrClN5O7S3. The summed E-state index contributed by atoms with van der Waals surface area (Å²) in [6, 6.07) is 30.7. The van der Waals surface area contributed by atoms with E-state index in [2.05, 4.69) is 130 Å². The van der Waals surface area contributed by atoms with Crippen molar-refractivity contribution in [2.24, 2.45) is 17.8 Å². The van der Waals surface area contributed by atoms with Crippen LogP contribution in [0.2, 0.25) is 5.02 Å². The number of carbonyl (C=O) groups excluding carboxylic acids is 1. The van der Waals surface area contributed by atoms with Crippen LogP contribution in [0.3, 0.4) is 0 Å². The number of nitrogens with zero attached hydrogens (tertiary/aromatic N) is 3. The molecule has 1 amide bonds. The van der Waals surface area contributed by atoms with Crippen LogP contribution in [0.4, 0.5) is 11.4 Å². The summed E-state index contributed by atoms with van der Waals surface area (Å²) < 4.78 is 10.9. The van der Waals surface area contributed by atoms with Gasteiger partial charge >= 0.3 is 11.9 Å². The van der Waals surface area contributed by atoms with Gasteiger partial charge in [-0.15, -0.1) is 34.0 Å². The van der Waals surface area contributed by atoms with Crippen LogP contribution < -0.4 is 25.2 Å². The zero-order valence-electron chi connectivity index (χ0n) is 40.0. The highest BCUT2D eigenvalue weighted by Gasteiger charge is 2.34. The number of amides is 1. The minimum Gasteiger partial charge on any atom is -0.489 e. The number of carboxylic acids is 2. The third-order valence-electron chi connectivity index (χ3n) is 14.0. The number of fused-ring (bicyclic) bond motifs is 3. The zero-order chi connectivity index (χ0) is 50.1. The number of aliphatic hydroxyl groups excluding tert-OH is 1. The maximum absolute atomic E-state index is 13.5. The van der Waals surface area contributed by atoms with E-state index in [4.69, 9.17) is 26.6 Å². The minimum absolute atomic E-state index is 0.0164. The summed E-state index contributed by atoms with van der Waals surface area (Å²) in [5.41, 5.74) is 3.01. The first kappa shape index (κ1) is 52.1. The summed E-state index contributed by atoms with van der Waals surface area (Å²) in [7, 11) is 0. The average Bonchev–Trinajstić information content (AvgIpc) is 4.20. The second-order valence-corrected chi connectivity index (χ2v) is 23.4. The molecule has 0 unspecified atom stereocenters. The maximum atomic E-state index is 13.5. The van der Waals surface area contributed by atoms with Crippen molar-refractivity contribution in [3.8, 4) is 5.75 Å². The molecule has 4 saturated heterocycles. The molecule has 0 spiro atoms. The molecule has 5 atom stereocenters. The van der Waals surface area contributed by atoms with Gasteiger partial charge in [0.1, 0.15) is 11.9 Å². The van der Waals surface area contributed by atoms with E-state index < -0.39 is 24.1 Å². The normalized spacial score (nSPS) is 20.6. The van der Waals surface area contributed by atoms with Gasteiger partial charge in [0.2, 0.25) is 5.91 Å². The number of anilines is 2. The Balaban J connectivity index is 0.000000148. The number of hydrogen-bond acceptors (Lipinski definition) is 12. The highest BCUT2D eigenvalue weighted by molar-refractivity contribution is 9.10. The SMILES string of the molecule is Brc1ccc2ccsc2c1.O=C(N[C@H](CN1CCCC1)[C@H](O)c1ccc(OC2CC2)c(Cl)c1)[C@@H]1CCN(c2ccc3ccsc3c2)C1.O=C(O)[C@@H]1CCN(c2ccc3ccsc3c2)C1.O=C(O)[C@@H]1CCNC1. The molecule has 12 rings (SSSR count). The Bertz CT molecular complexity index is 2950. The number of halogens is 2. The Morgan fingerprint density at radius 3 is 1.79 bits per heavy atom. The van der Waals surface area contributed by atoms with Gasteiger partial charge < -0.3 is 45.4 Å². The van der Waals surface area contributed by atoms with Gasteiger partial charge in [0.15, 0.2) is 0 Å². The molecule has 3 aromatic heterocycles. The minimum atomic E-state index is -0.851. The summed E-state index contributed by atoms with van der Waals surface area (Å²) in [5, 5.41) is 45.6. The summed E-state index contributed by atoms with van der Waals surface area (Å²) in [6.07, 6.45) is 6.18. The van der Waals surface area contributed by atoms with Crippen molar-refractivity contribution in [2.45, 2.75) is 63.2 Å². The van der Waals surface area contributed by atoms with Crippen molar-refractivity contribution >= 4 is 121 Å². The van der Waals surface area contributed by atoms with Crippen molar-refractivity contribution in [2.75, 3.05) is 68.7 Å². The first-order valence-corrected chi connectivity index (χ1v) is 28.7. The molecule has 4 aromatic carbocycles. The van der Waals surface area contributed by atoms with E-state index in [1.54, 1.807) is 40.1 Å². The third kappa shape index (κ3) is 13.7. The number of rotatable bonds is 12. The van der Waals surface area contributed by atoms with E-state index in [0.717, 1.165) is 87.8 Å². The smallest absolute Gasteiger partial charge is 0.308 e. The fourth-order valence-electron chi connectivity index (χ4n) is 9.64. The van der Waals surface area contributed by atoms with E-state index in [1.165, 1.54) is 35.9 Å². The number of aliphatic hydroxyl groups is 1. The molecule has 5 fully saturated rings. The highest BCUT2D eigenvalue weighted by atomic mass is 79.9. The van der Waals surface area contributed by atoms with Crippen LogP contribution in [0.1, 0.15) is 56.6 Å². The van der Waals surface area contributed by atoms with Crippen LogP contribution >= 0.6 is 61.5 Å². The van der Waals surface area contributed by atoms with Crippen molar-refractivity contribution in [3.63, 3.8) is 0 Å². The molecule has 4 aliphatic heterocycles. The predicted molar refractivity (Wildman–Crippen MR) is 298 cm³/mol. The molecule has 72 heavy (non-hydrogen) atoms. The number of likely N-dealkylation sites (tertiary alicyclic amines) is 1. The van der Waals surface area contributed by atoms with Gasteiger partial charge in [0.25, 0.3) is 0 Å². The zero-order valence-corrected chi connectivity index (χ0v) is 44.8. The van der Waals surface area contributed by atoms with E-state index in [9.17, 15) is 19.5 Å². The van der Waals surface area contributed by atoms with E-state index in [0.29, 0.717) is 42.5 Å². The van der Waals surface area contributed by atoms with Crippen molar-refractivity contribution < 1.29 is 34.4 Å². The van der Waals surface area contributed by atoms with Gasteiger partial charge in [0.05, 0.1) is 34.9 Å². The Labute approximate surface area is 445 Å². The van der Waals surface area contributed by atoms with Crippen LogP contribution in [0.5, 0.6) is 5.75 Å². The maximum Gasteiger partial charge on any atom is 0.308 e. The third-order valence-corrected chi connectivity index (χ3v) is 17.4. The molecular weight excluding hydrogens is 1050 g/mol. The highest BCUT2D eigenvalue weighted by Crippen LogP contribution is 2.36. The lowest BCUT2D eigenvalue weighted by molar-refractivity contribution is -0.141. The Kier molecular flexibility index (Phi) is 17.7. The van der Waals surface area contributed by atoms with Crippen LogP contribution in [-0.4, -0.2) is 109 Å². The van der Waals surface area contributed by atoms with Gasteiger partial charge in [0, 0.05) is 69.2 Å². The van der Waals surface area contributed by atoms with Gasteiger partial charge in [-0.2, -0.15) is 0 Å². The molecule has 5 aliphatic rings. The lowest BCUT2D eigenvalue weighted by Gasteiger charge is -2.30. The number of carboxylic acid groups (broad SMARTS) is 2. The molecule has 380 valence electrons. The van der Waals surface area contributed by atoms with E-state index >= 15 is 0 Å². The largest absolute Gasteiger partial charge is 0.489 e. The Hall–Kier alpha value is -4.78. The van der Waals surface area contributed by atoms with Crippen LogP contribution in [-0.2, 0) is 14.4 Å². The number of hydrogen-bond donors (Lipinski definition) is 5.